The number of ether oxygens (including phenoxy) is 1. The molecule has 1 saturated heterocycles. The molecule has 90 valence electrons. The van der Waals surface area contributed by atoms with Crippen LogP contribution >= 0.6 is 11.8 Å². The average molecular weight is 232 g/mol. The lowest BCUT2D eigenvalue weighted by molar-refractivity contribution is 0.0725. The van der Waals surface area contributed by atoms with E-state index in [2.05, 4.69) is 11.9 Å². The molecule has 3 nitrogen and oxygen atoms in total. The lowest BCUT2D eigenvalue weighted by atomic mass is 9.93. The third-order valence-electron chi connectivity index (χ3n) is 3.27. The van der Waals surface area contributed by atoms with Crippen molar-refractivity contribution in [2.45, 2.75) is 25.3 Å². The van der Waals surface area contributed by atoms with Crippen LogP contribution in [0.15, 0.2) is 0 Å². The summed E-state index contributed by atoms with van der Waals surface area (Å²) in [6.45, 7) is 5.42. The Labute approximate surface area is 97.7 Å². The molecule has 0 aromatic rings. The standard InChI is InChI=1S/C11H24N2OS/c1-3-14-7-6-13(2)11(9-12)5-4-8-15-10-11/h3-10,12H2,1-2H3. The highest BCUT2D eigenvalue weighted by molar-refractivity contribution is 7.99. The van der Waals surface area contributed by atoms with Gasteiger partial charge in [-0.25, -0.2) is 0 Å². The van der Waals surface area contributed by atoms with E-state index >= 15 is 0 Å². The van der Waals surface area contributed by atoms with E-state index in [1.165, 1.54) is 24.3 Å². The molecule has 0 aromatic carbocycles. The van der Waals surface area contributed by atoms with Crippen molar-refractivity contribution in [3.63, 3.8) is 0 Å². The Bertz CT molecular complexity index is 172. The molecule has 1 aliphatic rings. The Kier molecular flexibility index (Phi) is 5.97. The molecule has 1 heterocycles. The van der Waals surface area contributed by atoms with Gasteiger partial charge in [-0.15, -0.1) is 0 Å². The Balaban J connectivity index is 2.40. The topological polar surface area (TPSA) is 38.5 Å². The minimum absolute atomic E-state index is 0.222. The van der Waals surface area contributed by atoms with E-state index in [0.29, 0.717) is 0 Å². The Morgan fingerprint density at radius 2 is 2.33 bits per heavy atom. The van der Waals surface area contributed by atoms with E-state index < -0.39 is 0 Å². The van der Waals surface area contributed by atoms with Crippen LogP contribution < -0.4 is 5.73 Å². The minimum Gasteiger partial charge on any atom is -0.380 e. The minimum atomic E-state index is 0.222. The van der Waals surface area contributed by atoms with Gasteiger partial charge in [0.2, 0.25) is 0 Å². The van der Waals surface area contributed by atoms with Gasteiger partial charge in [-0.2, -0.15) is 11.8 Å². The second kappa shape index (κ2) is 6.74. The quantitative estimate of drug-likeness (QED) is 0.698. The van der Waals surface area contributed by atoms with Gasteiger partial charge in [0, 0.05) is 31.0 Å². The van der Waals surface area contributed by atoms with Gasteiger partial charge in [0.25, 0.3) is 0 Å². The molecule has 0 saturated carbocycles. The number of likely N-dealkylation sites (N-methyl/N-ethyl adjacent to an activating group) is 1. The van der Waals surface area contributed by atoms with Crippen LogP contribution in [0, 0.1) is 0 Å². The van der Waals surface area contributed by atoms with Crippen molar-refractivity contribution in [3.8, 4) is 0 Å². The van der Waals surface area contributed by atoms with Crippen molar-refractivity contribution in [2.75, 3.05) is 44.9 Å². The molecule has 1 atom stereocenters. The summed E-state index contributed by atoms with van der Waals surface area (Å²) in [5.41, 5.74) is 6.17. The average Bonchev–Trinajstić information content (AvgIpc) is 2.30. The zero-order chi connectivity index (χ0) is 11.1. The molecular formula is C11H24N2OS. The number of nitrogens with zero attached hydrogens (tertiary/aromatic N) is 1. The summed E-state index contributed by atoms with van der Waals surface area (Å²) in [7, 11) is 2.18. The summed E-state index contributed by atoms with van der Waals surface area (Å²) in [5.74, 6) is 2.47. The summed E-state index contributed by atoms with van der Waals surface area (Å²) >= 11 is 2.03. The van der Waals surface area contributed by atoms with Crippen LogP contribution in [0.25, 0.3) is 0 Å². The predicted octanol–water partition coefficient (Wildman–Crippen LogP) is 1.18. The highest BCUT2D eigenvalue weighted by Crippen LogP contribution is 2.30. The van der Waals surface area contributed by atoms with Crippen molar-refractivity contribution in [1.29, 1.82) is 0 Å². The summed E-state index contributed by atoms with van der Waals surface area (Å²) in [4.78, 5) is 2.40. The zero-order valence-electron chi connectivity index (χ0n) is 10.00. The molecule has 1 unspecified atom stereocenters. The third kappa shape index (κ3) is 3.63. The highest BCUT2D eigenvalue weighted by atomic mass is 32.2. The molecule has 1 rings (SSSR count). The highest BCUT2D eigenvalue weighted by Gasteiger charge is 2.34. The van der Waals surface area contributed by atoms with E-state index in [0.717, 1.165) is 26.3 Å². The van der Waals surface area contributed by atoms with Gasteiger partial charge in [-0.05, 0) is 32.6 Å². The molecular weight excluding hydrogens is 208 g/mol. The van der Waals surface area contributed by atoms with Crippen molar-refractivity contribution >= 4 is 11.8 Å². The van der Waals surface area contributed by atoms with Crippen molar-refractivity contribution in [1.82, 2.24) is 4.90 Å². The van der Waals surface area contributed by atoms with Gasteiger partial charge in [0.05, 0.1) is 6.61 Å². The maximum absolute atomic E-state index is 5.95. The van der Waals surface area contributed by atoms with Crippen LogP contribution in [0.5, 0.6) is 0 Å². The smallest absolute Gasteiger partial charge is 0.0593 e. The number of thioether (sulfide) groups is 1. The number of hydrogen-bond acceptors (Lipinski definition) is 4. The van der Waals surface area contributed by atoms with Gasteiger partial charge in [-0.1, -0.05) is 0 Å². The van der Waals surface area contributed by atoms with Crippen LogP contribution in [0.1, 0.15) is 19.8 Å². The van der Waals surface area contributed by atoms with Gasteiger partial charge in [-0.3, -0.25) is 4.90 Å². The normalized spacial score (nSPS) is 27.2. The van der Waals surface area contributed by atoms with E-state index in [9.17, 15) is 0 Å². The first kappa shape index (κ1) is 13.3. The zero-order valence-corrected chi connectivity index (χ0v) is 10.8. The first-order valence-electron chi connectivity index (χ1n) is 5.82. The van der Waals surface area contributed by atoms with Crippen LogP contribution in [0.2, 0.25) is 0 Å². The Morgan fingerprint density at radius 3 is 2.87 bits per heavy atom. The van der Waals surface area contributed by atoms with Crippen LogP contribution in [-0.4, -0.2) is 55.3 Å². The second-order valence-electron chi connectivity index (χ2n) is 4.20. The second-order valence-corrected chi connectivity index (χ2v) is 5.31. The molecule has 15 heavy (non-hydrogen) atoms. The summed E-state index contributed by atoms with van der Waals surface area (Å²) < 4.78 is 5.40. The molecule has 0 bridgehead atoms. The van der Waals surface area contributed by atoms with E-state index in [1.54, 1.807) is 0 Å². The Morgan fingerprint density at radius 1 is 1.53 bits per heavy atom. The van der Waals surface area contributed by atoms with Crippen molar-refractivity contribution < 1.29 is 4.74 Å². The fourth-order valence-corrected chi connectivity index (χ4v) is 3.39. The molecule has 4 heteroatoms. The number of rotatable bonds is 6. The fraction of sp³-hybridized carbons (Fsp3) is 1.00. The molecule has 1 fully saturated rings. The van der Waals surface area contributed by atoms with Crippen molar-refractivity contribution in [3.05, 3.63) is 0 Å². The Hall–Kier alpha value is 0.230. The van der Waals surface area contributed by atoms with Crippen molar-refractivity contribution in [2.24, 2.45) is 5.73 Å². The summed E-state index contributed by atoms with van der Waals surface area (Å²) in [6, 6.07) is 0. The molecule has 0 radical (unpaired) electrons. The molecule has 0 aliphatic carbocycles. The van der Waals surface area contributed by atoms with Crippen LogP contribution in [0.4, 0.5) is 0 Å². The predicted molar refractivity (Wildman–Crippen MR) is 67.5 cm³/mol. The lowest BCUT2D eigenvalue weighted by Crippen LogP contribution is -2.56. The number of nitrogens with two attached hydrogens (primary N) is 1. The maximum Gasteiger partial charge on any atom is 0.0593 e. The fourth-order valence-electron chi connectivity index (χ4n) is 2.04. The molecule has 0 aromatic heterocycles. The summed E-state index contributed by atoms with van der Waals surface area (Å²) in [6.07, 6.45) is 2.53. The number of hydrogen-bond donors (Lipinski definition) is 1. The van der Waals surface area contributed by atoms with Crippen LogP contribution in [-0.2, 0) is 4.74 Å². The maximum atomic E-state index is 5.95. The largest absolute Gasteiger partial charge is 0.380 e. The van der Waals surface area contributed by atoms with Gasteiger partial charge in [0.1, 0.15) is 0 Å². The molecule has 2 N–H and O–H groups in total. The van der Waals surface area contributed by atoms with Gasteiger partial charge >= 0.3 is 0 Å². The summed E-state index contributed by atoms with van der Waals surface area (Å²) in [5, 5.41) is 0. The first-order chi connectivity index (χ1) is 7.25. The lowest BCUT2D eigenvalue weighted by Gasteiger charge is -2.43. The van der Waals surface area contributed by atoms with E-state index in [-0.39, 0.29) is 5.54 Å². The SMILES string of the molecule is CCOCCN(C)C1(CN)CCCSC1. The first-order valence-corrected chi connectivity index (χ1v) is 6.97. The van der Waals surface area contributed by atoms with E-state index in [1.807, 2.05) is 18.7 Å². The monoisotopic (exact) mass is 232 g/mol. The van der Waals surface area contributed by atoms with E-state index in [4.69, 9.17) is 10.5 Å². The molecule has 0 spiro atoms. The van der Waals surface area contributed by atoms with Crippen LogP contribution in [0.3, 0.4) is 0 Å². The third-order valence-corrected chi connectivity index (χ3v) is 4.59. The molecule has 1 aliphatic heterocycles. The van der Waals surface area contributed by atoms with Gasteiger partial charge in [0.15, 0.2) is 0 Å². The molecule has 0 amide bonds. The van der Waals surface area contributed by atoms with Gasteiger partial charge < -0.3 is 10.5 Å².